The SMILES string of the molecule is Cl.O=C(NC1CCNCC1)c1n[nH]c2ccccc12. The van der Waals surface area contributed by atoms with E-state index < -0.39 is 0 Å². The third kappa shape index (κ3) is 2.88. The average molecular weight is 281 g/mol. The number of amides is 1. The highest BCUT2D eigenvalue weighted by Gasteiger charge is 2.19. The summed E-state index contributed by atoms with van der Waals surface area (Å²) in [4.78, 5) is 12.2. The quantitative estimate of drug-likeness (QED) is 0.780. The first kappa shape index (κ1) is 13.8. The number of carbonyl (C=O) groups excluding carboxylic acids is 1. The minimum atomic E-state index is -0.0839. The summed E-state index contributed by atoms with van der Waals surface area (Å²) >= 11 is 0. The van der Waals surface area contributed by atoms with Crippen molar-refractivity contribution in [2.45, 2.75) is 18.9 Å². The van der Waals surface area contributed by atoms with Crippen molar-refractivity contribution in [3.05, 3.63) is 30.0 Å². The van der Waals surface area contributed by atoms with Gasteiger partial charge in [-0.2, -0.15) is 5.10 Å². The number of halogens is 1. The minimum Gasteiger partial charge on any atom is -0.348 e. The number of aromatic amines is 1. The van der Waals surface area contributed by atoms with Gasteiger partial charge in [0.15, 0.2) is 5.69 Å². The van der Waals surface area contributed by atoms with Gasteiger partial charge in [0.1, 0.15) is 0 Å². The zero-order valence-corrected chi connectivity index (χ0v) is 11.3. The van der Waals surface area contributed by atoms with Crippen LogP contribution < -0.4 is 10.6 Å². The molecule has 2 heterocycles. The molecule has 3 N–H and O–H groups in total. The van der Waals surface area contributed by atoms with Gasteiger partial charge in [-0.3, -0.25) is 9.89 Å². The number of para-hydroxylation sites is 1. The molecule has 1 aliphatic heterocycles. The summed E-state index contributed by atoms with van der Waals surface area (Å²) in [5.74, 6) is -0.0839. The molecule has 0 atom stereocenters. The number of nitrogens with one attached hydrogen (secondary N) is 3. The molecule has 2 aromatic rings. The highest BCUT2D eigenvalue weighted by Crippen LogP contribution is 2.15. The predicted octanol–water partition coefficient (Wildman–Crippen LogP) is 1.47. The van der Waals surface area contributed by atoms with Crippen LogP contribution in [0.2, 0.25) is 0 Å². The van der Waals surface area contributed by atoms with Gasteiger partial charge < -0.3 is 10.6 Å². The molecule has 3 rings (SSSR count). The molecule has 1 aromatic heterocycles. The Morgan fingerprint density at radius 2 is 2.00 bits per heavy atom. The molecular weight excluding hydrogens is 264 g/mol. The lowest BCUT2D eigenvalue weighted by atomic mass is 10.1. The summed E-state index contributed by atoms with van der Waals surface area (Å²) < 4.78 is 0. The first-order chi connectivity index (χ1) is 8.84. The highest BCUT2D eigenvalue weighted by molar-refractivity contribution is 6.04. The minimum absolute atomic E-state index is 0. The molecule has 5 nitrogen and oxygen atoms in total. The molecule has 6 heteroatoms. The van der Waals surface area contributed by atoms with Gasteiger partial charge in [0, 0.05) is 11.4 Å². The van der Waals surface area contributed by atoms with E-state index in [1.807, 2.05) is 24.3 Å². The molecule has 0 saturated carbocycles. The number of benzene rings is 1. The summed E-state index contributed by atoms with van der Waals surface area (Å²) in [6, 6.07) is 7.93. The van der Waals surface area contributed by atoms with Gasteiger partial charge in [0.2, 0.25) is 0 Å². The molecule has 1 saturated heterocycles. The number of nitrogens with zero attached hydrogens (tertiary/aromatic N) is 1. The number of fused-ring (bicyclic) bond motifs is 1. The number of aromatic nitrogens is 2. The predicted molar refractivity (Wildman–Crippen MR) is 76.7 cm³/mol. The topological polar surface area (TPSA) is 69.8 Å². The zero-order chi connectivity index (χ0) is 12.4. The number of piperidine rings is 1. The normalized spacial score (nSPS) is 16.0. The summed E-state index contributed by atoms with van der Waals surface area (Å²) in [5, 5.41) is 14.2. The van der Waals surface area contributed by atoms with Gasteiger partial charge >= 0.3 is 0 Å². The highest BCUT2D eigenvalue weighted by atomic mass is 35.5. The maximum absolute atomic E-state index is 12.2. The van der Waals surface area contributed by atoms with Crippen molar-refractivity contribution >= 4 is 29.2 Å². The van der Waals surface area contributed by atoms with Gasteiger partial charge in [-0.25, -0.2) is 0 Å². The van der Waals surface area contributed by atoms with E-state index in [0.717, 1.165) is 36.8 Å². The van der Waals surface area contributed by atoms with Crippen LogP contribution in [-0.2, 0) is 0 Å². The fraction of sp³-hybridized carbons (Fsp3) is 0.385. The van der Waals surface area contributed by atoms with Crippen LogP contribution >= 0.6 is 12.4 Å². The number of H-pyrrole nitrogens is 1. The van der Waals surface area contributed by atoms with E-state index in [4.69, 9.17) is 0 Å². The van der Waals surface area contributed by atoms with Crippen LogP contribution in [0.4, 0.5) is 0 Å². The van der Waals surface area contributed by atoms with Crippen molar-refractivity contribution in [3.63, 3.8) is 0 Å². The molecule has 102 valence electrons. The molecule has 1 amide bonds. The third-order valence-electron chi connectivity index (χ3n) is 3.36. The fourth-order valence-corrected chi connectivity index (χ4v) is 2.36. The molecular formula is C13H17ClN4O. The second-order valence-corrected chi connectivity index (χ2v) is 4.62. The van der Waals surface area contributed by atoms with E-state index in [-0.39, 0.29) is 24.4 Å². The van der Waals surface area contributed by atoms with Crippen molar-refractivity contribution in [2.75, 3.05) is 13.1 Å². The van der Waals surface area contributed by atoms with Crippen molar-refractivity contribution < 1.29 is 4.79 Å². The zero-order valence-electron chi connectivity index (χ0n) is 10.5. The Labute approximate surface area is 117 Å². The van der Waals surface area contributed by atoms with E-state index in [1.165, 1.54) is 0 Å². The smallest absolute Gasteiger partial charge is 0.272 e. The van der Waals surface area contributed by atoms with Crippen molar-refractivity contribution in [1.82, 2.24) is 20.8 Å². The van der Waals surface area contributed by atoms with Gasteiger partial charge in [-0.1, -0.05) is 18.2 Å². The maximum atomic E-state index is 12.2. The first-order valence-corrected chi connectivity index (χ1v) is 6.29. The lowest BCUT2D eigenvalue weighted by Crippen LogP contribution is -2.42. The number of hydrogen-bond acceptors (Lipinski definition) is 3. The van der Waals surface area contributed by atoms with Crippen molar-refractivity contribution in [2.24, 2.45) is 0 Å². The van der Waals surface area contributed by atoms with E-state index in [2.05, 4.69) is 20.8 Å². The van der Waals surface area contributed by atoms with Crippen LogP contribution in [0.3, 0.4) is 0 Å². The van der Waals surface area contributed by atoms with Crippen LogP contribution in [0.25, 0.3) is 10.9 Å². The van der Waals surface area contributed by atoms with E-state index in [9.17, 15) is 4.79 Å². The average Bonchev–Trinajstić information content (AvgIpc) is 2.84. The Balaban J connectivity index is 0.00000133. The number of carbonyl (C=O) groups is 1. The standard InChI is InChI=1S/C13H16N4O.ClH/c18-13(15-9-5-7-14-8-6-9)12-10-3-1-2-4-11(10)16-17-12;/h1-4,9,14H,5-8H2,(H,15,18)(H,16,17);1H. The second-order valence-electron chi connectivity index (χ2n) is 4.62. The largest absolute Gasteiger partial charge is 0.348 e. The van der Waals surface area contributed by atoms with Crippen molar-refractivity contribution in [3.8, 4) is 0 Å². The van der Waals surface area contributed by atoms with Crippen molar-refractivity contribution in [1.29, 1.82) is 0 Å². The molecule has 0 bridgehead atoms. The molecule has 1 aliphatic rings. The Morgan fingerprint density at radius 3 is 2.79 bits per heavy atom. The lowest BCUT2D eigenvalue weighted by Gasteiger charge is -2.23. The maximum Gasteiger partial charge on any atom is 0.272 e. The number of rotatable bonds is 2. The monoisotopic (exact) mass is 280 g/mol. The first-order valence-electron chi connectivity index (χ1n) is 6.29. The summed E-state index contributed by atoms with van der Waals surface area (Å²) in [5.41, 5.74) is 1.39. The fourth-order valence-electron chi connectivity index (χ4n) is 2.36. The Hall–Kier alpha value is -1.59. The number of hydrogen-bond donors (Lipinski definition) is 3. The molecule has 0 radical (unpaired) electrons. The second kappa shape index (κ2) is 6.04. The Morgan fingerprint density at radius 1 is 1.26 bits per heavy atom. The van der Waals surface area contributed by atoms with E-state index >= 15 is 0 Å². The molecule has 1 fully saturated rings. The molecule has 19 heavy (non-hydrogen) atoms. The Bertz CT molecular complexity index is 563. The van der Waals surface area contributed by atoms with Crippen LogP contribution in [0.1, 0.15) is 23.3 Å². The van der Waals surface area contributed by atoms with Crippen LogP contribution in [-0.4, -0.2) is 35.2 Å². The summed E-state index contributed by atoms with van der Waals surface area (Å²) in [6.45, 7) is 1.93. The van der Waals surface area contributed by atoms with Crippen LogP contribution in [0.5, 0.6) is 0 Å². The van der Waals surface area contributed by atoms with E-state index in [0.29, 0.717) is 5.69 Å². The molecule has 0 spiro atoms. The van der Waals surface area contributed by atoms with Gasteiger partial charge in [0.05, 0.1) is 5.52 Å². The van der Waals surface area contributed by atoms with Gasteiger partial charge in [-0.05, 0) is 32.0 Å². The van der Waals surface area contributed by atoms with Crippen LogP contribution in [0, 0.1) is 0 Å². The van der Waals surface area contributed by atoms with E-state index in [1.54, 1.807) is 0 Å². The summed E-state index contributed by atoms with van der Waals surface area (Å²) in [6.07, 6.45) is 1.96. The summed E-state index contributed by atoms with van der Waals surface area (Å²) in [7, 11) is 0. The third-order valence-corrected chi connectivity index (χ3v) is 3.36. The molecule has 1 aromatic carbocycles. The van der Waals surface area contributed by atoms with Gasteiger partial charge in [-0.15, -0.1) is 12.4 Å². The van der Waals surface area contributed by atoms with Gasteiger partial charge in [0.25, 0.3) is 5.91 Å². The van der Waals surface area contributed by atoms with Crippen LogP contribution in [0.15, 0.2) is 24.3 Å². The molecule has 0 aliphatic carbocycles. The Kier molecular flexibility index (Phi) is 4.39. The molecule has 0 unspecified atom stereocenters. The lowest BCUT2D eigenvalue weighted by molar-refractivity contribution is 0.0926.